The van der Waals surface area contributed by atoms with Crippen LogP contribution in [0.3, 0.4) is 0 Å². The maximum Gasteiger partial charge on any atom is 0.300 e. The van der Waals surface area contributed by atoms with E-state index in [1.807, 2.05) is 0 Å². The molecule has 0 spiro atoms. The minimum atomic E-state index is -3.93. The number of rotatable bonds is 12. The van der Waals surface area contributed by atoms with E-state index in [1.165, 1.54) is 23.9 Å². The van der Waals surface area contributed by atoms with Crippen molar-refractivity contribution in [3.8, 4) is 22.8 Å². The Hall–Kier alpha value is -3.59. The van der Waals surface area contributed by atoms with Crippen molar-refractivity contribution in [2.45, 2.75) is 18.1 Å². The zero-order chi connectivity index (χ0) is 27.3. The molecule has 0 unspecified atom stereocenters. The van der Waals surface area contributed by atoms with Crippen LogP contribution in [0.2, 0.25) is 0 Å². The van der Waals surface area contributed by atoms with Crippen LogP contribution in [-0.4, -0.2) is 68.4 Å². The van der Waals surface area contributed by atoms with Gasteiger partial charge in [0.1, 0.15) is 17.9 Å². The molecule has 202 valence electrons. The number of hydrogen-bond donors (Lipinski definition) is 1. The number of fused-ring (bicyclic) bond motifs is 1. The number of methoxy groups -OCH3 is 2. The minimum Gasteiger partial charge on any atom is -0.484 e. The highest BCUT2D eigenvalue weighted by Crippen LogP contribution is 2.32. The number of pyridine rings is 2. The summed E-state index contributed by atoms with van der Waals surface area (Å²) in [4.78, 5) is 25.8. The molecule has 0 radical (unpaired) electrons. The zero-order valence-electron chi connectivity index (χ0n) is 21.3. The summed E-state index contributed by atoms with van der Waals surface area (Å²) in [7, 11) is -0.950. The molecule has 1 N–H and O–H groups in total. The summed E-state index contributed by atoms with van der Waals surface area (Å²) >= 11 is 1.08. The maximum atomic E-state index is 13.1. The molecule has 0 saturated heterocycles. The first-order chi connectivity index (χ1) is 18.2. The smallest absolute Gasteiger partial charge is 0.300 e. The molecular formula is C24H27N5O7S2. The first-order valence-electron chi connectivity index (χ1n) is 11.5. The van der Waals surface area contributed by atoms with E-state index in [0.29, 0.717) is 47.3 Å². The van der Waals surface area contributed by atoms with Gasteiger partial charge in [0.2, 0.25) is 11.6 Å². The summed E-state index contributed by atoms with van der Waals surface area (Å²) in [6.07, 6.45) is 4.48. The highest BCUT2D eigenvalue weighted by atomic mass is 32.2. The number of aryl methyl sites for hydroxylation is 2. The zero-order valence-corrected chi connectivity index (χ0v) is 22.9. The normalized spacial score (nSPS) is 11.6. The Bertz CT molecular complexity index is 1600. The Morgan fingerprint density at radius 1 is 1.03 bits per heavy atom. The van der Waals surface area contributed by atoms with Gasteiger partial charge in [-0.2, -0.15) is 0 Å². The van der Waals surface area contributed by atoms with Gasteiger partial charge in [-0.05, 0) is 32.0 Å². The Morgan fingerprint density at radius 2 is 1.82 bits per heavy atom. The molecule has 4 heterocycles. The molecule has 0 bridgehead atoms. The van der Waals surface area contributed by atoms with Crippen molar-refractivity contribution in [3.63, 3.8) is 0 Å². The third-order valence-electron chi connectivity index (χ3n) is 5.31. The van der Waals surface area contributed by atoms with Gasteiger partial charge in [-0.15, -0.1) is 11.3 Å². The van der Waals surface area contributed by atoms with E-state index < -0.39 is 15.6 Å². The second-order valence-corrected chi connectivity index (χ2v) is 11.1. The van der Waals surface area contributed by atoms with Gasteiger partial charge in [-0.1, -0.05) is 0 Å². The molecule has 0 aliphatic carbocycles. The molecule has 4 rings (SSSR count). The molecular weight excluding hydrogens is 534 g/mol. The van der Waals surface area contributed by atoms with Crippen LogP contribution in [0.1, 0.15) is 10.7 Å². The lowest BCUT2D eigenvalue weighted by Gasteiger charge is -2.13. The Balaban J connectivity index is 1.62. The first-order valence-corrected chi connectivity index (χ1v) is 13.8. The predicted octanol–water partition coefficient (Wildman–Crippen LogP) is 2.68. The van der Waals surface area contributed by atoms with Gasteiger partial charge in [0.15, 0.2) is 4.21 Å². The van der Waals surface area contributed by atoms with Crippen molar-refractivity contribution in [2.75, 3.05) is 45.4 Å². The van der Waals surface area contributed by atoms with E-state index in [9.17, 15) is 13.2 Å². The molecule has 0 saturated carbocycles. The van der Waals surface area contributed by atoms with Gasteiger partial charge < -0.3 is 18.9 Å². The van der Waals surface area contributed by atoms with Crippen LogP contribution in [0.25, 0.3) is 16.8 Å². The highest BCUT2D eigenvalue weighted by Gasteiger charge is 2.23. The summed E-state index contributed by atoms with van der Waals surface area (Å²) < 4.78 is 51.2. The third-order valence-corrected chi connectivity index (χ3v) is 8.36. The topological polar surface area (TPSA) is 143 Å². The fourth-order valence-electron chi connectivity index (χ4n) is 3.58. The van der Waals surface area contributed by atoms with Gasteiger partial charge in [-0.25, -0.2) is 23.4 Å². The molecule has 0 fully saturated rings. The van der Waals surface area contributed by atoms with Crippen LogP contribution < -0.4 is 19.8 Å². The Morgan fingerprint density at radius 3 is 2.53 bits per heavy atom. The van der Waals surface area contributed by atoms with Crippen molar-refractivity contribution in [1.29, 1.82) is 0 Å². The van der Waals surface area contributed by atoms with E-state index in [-0.39, 0.29) is 28.1 Å². The third kappa shape index (κ3) is 6.10. The van der Waals surface area contributed by atoms with Crippen LogP contribution in [0.4, 0.5) is 5.69 Å². The van der Waals surface area contributed by atoms with Crippen molar-refractivity contribution in [3.05, 3.63) is 57.8 Å². The largest absolute Gasteiger partial charge is 0.484 e. The number of nitrogens with one attached hydrogen (secondary N) is 1. The molecule has 4 aromatic rings. The summed E-state index contributed by atoms with van der Waals surface area (Å²) in [6, 6.07) is 5.01. The van der Waals surface area contributed by atoms with Crippen LogP contribution in [0, 0.1) is 13.8 Å². The second-order valence-electron chi connectivity index (χ2n) is 8.02. The lowest BCUT2D eigenvalue weighted by molar-refractivity contribution is 0.0541. The van der Waals surface area contributed by atoms with Crippen molar-refractivity contribution >= 4 is 32.7 Å². The van der Waals surface area contributed by atoms with Crippen LogP contribution >= 0.6 is 11.3 Å². The summed E-state index contributed by atoms with van der Waals surface area (Å²) in [5.74, 6) is 0.172. The summed E-state index contributed by atoms with van der Waals surface area (Å²) in [6.45, 7) is 4.74. The Labute approximate surface area is 223 Å². The highest BCUT2D eigenvalue weighted by molar-refractivity contribution is 7.94. The minimum absolute atomic E-state index is 0.0755. The van der Waals surface area contributed by atoms with Gasteiger partial charge in [-0.3, -0.25) is 13.9 Å². The van der Waals surface area contributed by atoms with Gasteiger partial charge in [0.05, 0.1) is 43.8 Å². The monoisotopic (exact) mass is 561 g/mol. The molecule has 0 atom stereocenters. The number of sulfonamides is 1. The standard InChI is InChI=1S/C24H27N5O7S2/c1-15-24(37-16(2)27-15)38(31,32)28-19-11-18(12-26-22(19)34-4)17-5-6-21-25-13-20(23(30)29(21)14-17)36-10-9-35-8-7-33-3/h5-6,11-14,28H,7-10H2,1-4H3. The van der Waals surface area contributed by atoms with E-state index in [1.54, 1.807) is 45.4 Å². The fraction of sp³-hybridized carbons (Fsp3) is 0.333. The van der Waals surface area contributed by atoms with E-state index in [0.717, 1.165) is 11.3 Å². The molecule has 12 nitrogen and oxygen atoms in total. The van der Waals surface area contributed by atoms with Gasteiger partial charge >= 0.3 is 0 Å². The first kappa shape index (κ1) is 27.4. The number of nitrogens with zero attached hydrogens (tertiary/aromatic N) is 4. The number of aromatic nitrogens is 4. The second kappa shape index (κ2) is 11.9. The molecule has 0 aliphatic heterocycles. The lowest BCUT2D eigenvalue weighted by atomic mass is 10.1. The summed E-state index contributed by atoms with van der Waals surface area (Å²) in [5.41, 5.74) is 1.72. The molecule has 0 aliphatic rings. The van der Waals surface area contributed by atoms with E-state index in [2.05, 4.69) is 19.7 Å². The number of anilines is 1. The molecule has 14 heteroatoms. The number of hydrogen-bond acceptors (Lipinski definition) is 11. The van der Waals surface area contributed by atoms with Crippen LogP contribution in [-0.2, 0) is 19.5 Å². The van der Waals surface area contributed by atoms with Crippen LogP contribution in [0.15, 0.2) is 45.8 Å². The number of thiazole rings is 1. The number of ether oxygens (including phenoxy) is 4. The average Bonchev–Trinajstić information content (AvgIpc) is 3.25. The van der Waals surface area contributed by atoms with Gasteiger partial charge in [0, 0.05) is 30.6 Å². The van der Waals surface area contributed by atoms with Crippen molar-refractivity contribution < 1.29 is 27.4 Å². The maximum absolute atomic E-state index is 13.1. The molecule has 0 amide bonds. The lowest BCUT2D eigenvalue weighted by Crippen LogP contribution is -2.19. The molecule has 38 heavy (non-hydrogen) atoms. The molecule has 0 aromatic carbocycles. The average molecular weight is 562 g/mol. The predicted molar refractivity (Wildman–Crippen MR) is 142 cm³/mol. The van der Waals surface area contributed by atoms with Gasteiger partial charge in [0.25, 0.3) is 15.6 Å². The Kier molecular flexibility index (Phi) is 8.56. The van der Waals surface area contributed by atoms with Crippen LogP contribution in [0.5, 0.6) is 11.6 Å². The van der Waals surface area contributed by atoms with E-state index in [4.69, 9.17) is 18.9 Å². The fourth-order valence-corrected chi connectivity index (χ4v) is 6.12. The molecule has 4 aromatic heterocycles. The van der Waals surface area contributed by atoms with Crippen molar-refractivity contribution in [2.24, 2.45) is 0 Å². The SMILES string of the molecule is COCCOCCOc1cnc2ccc(-c3cnc(OC)c(NS(=O)(=O)c4sc(C)nc4C)c3)cn2c1=O. The quantitative estimate of drug-likeness (QED) is 0.256. The van der Waals surface area contributed by atoms with E-state index >= 15 is 0 Å². The van der Waals surface area contributed by atoms with Crippen molar-refractivity contribution in [1.82, 2.24) is 19.4 Å². The summed E-state index contributed by atoms with van der Waals surface area (Å²) in [5, 5.41) is 0.638.